The van der Waals surface area contributed by atoms with E-state index in [9.17, 15) is 9.90 Å². The smallest absolute Gasteiger partial charge is 0.335 e. The maximum atomic E-state index is 11.3. The summed E-state index contributed by atoms with van der Waals surface area (Å²) in [6.45, 7) is 1.89. The van der Waals surface area contributed by atoms with Crippen LogP contribution in [0.1, 0.15) is 19.8 Å². The highest BCUT2D eigenvalue weighted by Gasteiger charge is 2.08. The maximum Gasteiger partial charge on any atom is 0.335 e. The molecule has 0 saturated heterocycles. The molecular formula is C12H13N3O3. The lowest BCUT2D eigenvalue weighted by atomic mass is 10.2. The highest BCUT2D eigenvalue weighted by Crippen LogP contribution is 2.20. The fraction of sp³-hybridized carbons (Fsp3) is 0.250. The summed E-state index contributed by atoms with van der Waals surface area (Å²) in [5.41, 5.74) is 1.22. The number of phenolic OH excluding ortho intramolecular Hbond substituents is 1. The molecule has 0 unspecified atom stereocenters. The van der Waals surface area contributed by atoms with E-state index in [0.717, 1.165) is 4.85 Å². The van der Waals surface area contributed by atoms with Crippen molar-refractivity contribution in [2.24, 2.45) is 0 Å². The molecule has 0 radical (unpaired) electrons. The van der Waals surface area contributed by atoms with Crippen LogP contribution >= 0.6 is 0 Å². The second kappa shape index (κ2) is 5.31. The Morgan fingerprint density at radius 1 is 1.50 bits per heavy atom. The van der Waals surface area contributed by atoms with Crippen LogP contribution < -0.4 is 4.84 Å². The molecule has 94 valence electrons. The van der Waals surface area contributed by atoms with Gasteiger partial charge in [-0.25, -0.2) is 4.79 Å². The van der Waals surface area contributed by atoms with Gasteiger partial charge in [0.2, 0.25) is 0 Å². The third kappa shape index (κ3) is 2.85. The van der Waals surface area contributed by atoms with E-state index in [0.29, 0.717) is 24.1 Å². The van der Waals surface area contributed by atoms with Gasteiger partial charge in [0.05, 0.1) is 6.20 Å². The van der Waals surface area contributed by atoms with Crippen LogP contribution in [0.3, 0.4) is 0 Å². The predicted molar refractivity (Wildman–Crippen MR) is 63.6 cm³/mol. The number of hydrogen-bond donors (Lipinski definition) is 1. The summed E-state index contributed by atoms with van der Waals surface area (Å²) in [6.07, 6.45) is 2.54. The molecule has 0 fully saturated rings. The van der Waals surface area contributed by atoms with Crippen LogP contribution in [0.4, 0.5) is 0 Å². The van der Waals surface area contributed by atoms with Gasteiger partial charge in [0.15, 0.2) is 0 Å². The normalized spacial score (nSPS) is 10.3. The number of carbonyl (C=O) groups excluding carboxylic acids is 1. The molecular weight excluding hydrogens is 234 g/mol. The van der Waals surface area contributed by atoms with Crippen molar-refractivity contribution < 1.29 is 14.7 Å². The first-order chi connectivity index (χ1) is 8.69. The zero-order valence-electron chi connectivity index (χ0n) is 9.91. The number of phenols is 1. The molecule has 2 rings (SSSR count). The van der Waals surface area contributed by atoms with Gasteiger partial charge >= 0.3 is 5.97 Å². The van der Waals surface area contributed by atoms with Crippen LogP contribution in [0, 0.1) is 0 Å². The number of aromatic hydroxyl groups is 1. The lowest BCUT2D eigenvalue weighted by molar-refractivity contribution is -0.146. The van der Waals surface area contributed by atoms with E-state index < -0.39 is 0 Å². The van der Waals surface area contributed by atoms with E-state index in [1.165, 1.54) is 6.20 Å². The van der Waals surface area contributed by atoms with Gasteiger partial charge in [-0.15, -0.1) is 5.10 Å². The second-order valence-corrected chi connectivity index (χ2v) is 3.77. The zero-order chi connectivity index (χ0) is 13.0. The minimum absolute atomic E-state index is 0.144. The number of carbonyl (C=O) groups is 1. The van der Waals surface area contributed by atoms with E-state index in [4.69, 9.17) is 4.84 Å². The maximum absolute atomic E-state index is 11.3. The molecule has 0 bridgehead atoms. The Labute approximate surface area is 104 Å². The van der Waals surface area contributed by atoms with Crippen LogP contribution in [-0.4, -0.2) is 26.2 Å². The first kappa shape index (κ1) is 12.1. The molecule has 18 heavy (non-hydrogen) atoms. The first-order valence-corrected chi connectivity index (χ1v) is 5.62. The van der Waals surface area contributed by atoms with Gasteiger partial charge in [-0.2, -0.15) is 0 Å². The summed E-state index contributed by atoms with van der Waals surface area (Å²) in [5.74, 6) is -0.213. The molecule has 1 N–H and O–H groups in total. The van der Waals surface area contributed by atoms with E-state index in [-0.39, 0.29) is 11.7 Å². The molecule has 0 spiro atoms. The number of rotatable bonds is 4. The average molecular weight is 247 g/mol. The first-order valence-electron chi connectivity index (χ1n) is 5.62. The third-order valence-electron chi connectivity index (χ3n) is 2.26. The molecule has 6 nitrogen and oxygen atoms in total. The molecule has 0 aliphatic carbocycles. The summed E-state index contributed by atoms with van der Waals surface area (Å²) in [4.78, 5) is 17.2. The van der Waals surface area contributed by atoms with Gasteiger partial charge in [0, 0.05) is 12.0 Å². The van der Waals surface area contributed by atoms with Crippen molar-refractivity contribution in [1.29, 1.82) is 0 Å². The number of nitrogens with zero attached hydrogens (tertiary/aromatic N) is 3. The highest BCUT2D eigenvalue weighted by atomic mass is 16.7. The van der Waals surface area contributed by atoms with Crippen molar-refractivity contribution in [1.82, 2.24) is 15.2 Å². The highest BCUT2D eigenvalue weighted by molar-refractivity contribution is 5.69. The molecule has 0 aliphatic heterocycles. The van der Waals surface area contributed by atoms with Gasteiger partial charge in [0.25, 0.3) is 0 Å². The van der Waals surface area contributed by atoms with Crippen molar-refractivity contribution in [3.05, 3.63) is 30.5 Å². The second-order valence-electron chi connectivity index (χ2n) is 3.77. The Bertz CT molecular complexity index is 551. The van der Waals surface area contributed by atoms with Crippen molar-refractivity contribution >= 4 is 5.97 Å². The van der Waals surface area contributed by atoms with E-state index >= 15 is 0 Å². The Kier molecular flexibility index (Phi) is 3.57. The fourth-order valence-electron chi connectivity index (χ4n) is 1.44. The van der Waals surface area contributed by atoms with Crippen LogP contribution in [0.5, 0.6) is 5.75 Å². The van der Waals surface area contributed by atoms with E-state index in [1.54, 1.807) is 24.3 Å². The number of hydrogen-bond acceptors (Lipinski definition) is 5. The van der Waals surface area contributed by atoms with Crippen LogP contribution in [-0.2, 0) is 4.79 Å². The molecule has 0 aliphatic rings. The molecule has 1 aromatic heterocycles. The van der Waals surface area contributed by atoms with Crippen molar-refractivity contribution in [2.45, 2.75) is 19.8 Å². The minimum Gasteiger partial charge on any atom is -0.508 e. The Morgan fingerprint density at radius 3 is 3.06 bits per heavy atom. The molecule has 0 saturated carbocycles. The largest absolute Gasteiger partial charge is 0.508 e. The SMILES string of the molecule is CCCC(=O)On1cc(-c2cccc(O)c2)nn1. The lowest BCUT2D eigenvalue weighted by Crippen LogP contribution is -2.19. The zero-order valence-corrected chi connectivity index (χ0v) is 9.91. The lowest BCUT2D eigenvalue weighted by Gasteiger charge is -1.99. The van der Waals surface area contributed by atoms with Gasteiger partial charge < -0.3 is 9.94 Å². The summed E-state index contributed by atoms with van der Waals surface area (Å²) < 4.78 is 0. The predicted octanol–water partition coefficient (Wildman–Crippen LogP) is 1.41. The van der Waals surface area contributed by atoms with E-state index in [1.807, 2.05) is 6.92 Å². The molecule has 0 atom stereocenters. The van der Waals surface area contributed by atoms with Crippen LogP contribution in [0.25, 0.3) is 11.3 Å². The quantitative estimate of drug-likeness (QED) is 0.826. The van der Waals surface area contributed by atoms with E-state index in [2.05, 4.69) is 10.3 Å². The summed E-state index contributed by atoms with van der Waals surface area (Å²) in [6, 6.07) is 6.60. The fourth-order valence-corrected chi connectivity index (χ4v) is 1.44. The number of benzene rings is 1. The third-order valence-corrected chi connectivity index (χ3v) is 2.26. The standard InChI is InChI=1S/C12H13N3O3/c1-2-4-12(17)18-15-8-11(13-14-15)9-5-3-6-10(16)7-9/h3,5-8,16H,2,4H2,1H3. The van der Waals surface area contributed by atoms with Crippen LogP contribution in [0.15, 0.2) is 30.5 Å². The molecule has 1 heterocycles. The van der Waals surface area contributed by atoms with Crippen LogP contribution in [0.2, 0.25) is 0 Å². The molecule has 1 aromatic carbocycles. The Morgan fingerprint density at radius 2 is 2.33 bits per heavy atom. The summed E-state index contributed by atoms with van der Waals surface area (Å²) in [5, 5.41) is 16.9. The van der Waals surface area contributed by atoms with Gasteiger partial charge in [-0.05, 0) is 23.8 Å². The van der Waals surface area contributed by atoms with Crippen molar-refractivity contribution in [2.75, 3.05) is 0 Å². The van der Waals surface area contributed by atoms with Gasteiger partial charge in [0.1, 0.15) is 11.4 Å². The van der Waals surface area contributed by atoms with Crippen molar-refractivity contribution in [3.8, 4) is 17.0 Å². The van der Waals surface area contributed by atoms with Gasteiger partial charge in [-0.1, -0.05) is 23.9 Å². The molecule has 2 aromatic rings. The monoisotopic (exact) mass is 247 g/mol. The molecule has 0 amide bonds. The Balaban J connectivity index is 2.13. The summed E-state index contributed by atoms with van der Waals surface area (Å²) >= 11 is 0. The summed E-state index contributed by atoms with van der Waals surface area (Å²) in [7, 11) is 0. The molecule has 6 heteroatoms. The minimum atomic E-state index is -0.357. The number of aromatic nitrogens is 3. The topological polar surface area (TPSA) is 77.2 Å². The van der Waals surface area contributed by atoms with Gasteiger partial charge in [-0.3, -0.25) is 0 Å². The Hall–Kier alpha value is -2.37. The average Bonchev–Trinajstić information content (AvgIpc) is 2.78. The van der Waals surface area contributed by atoms with Crippen molar-refractivity contribution in [3.63, 3.8) is 0 Å².